The Labute approximate surface area is 177 Å². The number of likely N-dealkylation sites (N-methyl/N-ethyl adjacent to an activating group) is 1. The monoisotopic (exact) mass is 493 g/mol. The normalized spacial score (nSPS) is 18.8. The van der Waals surface area contributed by atoms with E-state index in [1.54, 1.807) is 17.7 Å². The van der Waals surface area contributed by atoms with E-state index in [9.17, 15) is 0 Å². The fourth-order valence-corrected chi connectivity index (χ4v) is 5.34. The van der Waals surface area contributed by atoms with Gasteiger partial charge in [0.15, 0.2) is 0 Å². The minimum absolute atomic E-state index is 0.481. The third-order valence-electron chi connectivity index (χ3n) is 5.09. The third-order valence-corrected chi connectivity index (χ3v) is 6.90. The molecule has 0 spiro atoms. The standard InChI is InChI=1S/C20H24IN5S/c1-25-10-11-26(17(13-25)15-6-3-2-4-7-15)9-5-8-22-19-16-12-18(21)27-20(16)24-14-23-19/h2-4,6-7,12,14,17H,5,8-11,13H2,1H3,(H,22,23,24). The lowest BCUT2D eigenvalue weighted by Gasteiger charge is -2.40. The van der Waals surface area contributed by atoms with E-state index in [4.69, 9.17) is 0 Å². The van der Waals surface area contributed by atoms with Crippen molar-refractivity contribution >= 4 is 50.0 Å². The number of hydrogen-bond acceptors (Lipinski definition) is 6. The summed E-state index contributed by atoms with van der Waals surface area (Å²) in [6, 6.07) is 13.5. The predicted octanol–water partition coefficient (Wildman–Crippen LogP) is 4.09. The average Bonchev–Trinajstić information content (AvgIpc) is 3.08. The van der Waals surface area contributed by atoms with Gasteiger partial charge < -0.3 is 10.2 Å². The highest BCUT2D eigenvalue weighted by Crippen LogP contribution is 2.29. The Morgan fingerprint density at radius 3 is 2.93 bits per heavy atom. The lowest BCUT2D eigenvalue weighted by Crippen LogP contribution is -2.47. The van der Waals surface area contributed by atoms with Crippen LogP contribution in [0.2, 0.25) is 0 Å². The van der Waals surface area contributed by atoms with Crippen molar-refractivity contribution in [2.24, 2.45) is 0 Å². The van der Waals surface area contributed by atoms with Gasteiger partial charge in [0.05, 0.1) is 8.27 Å². The van der Waals surface area contributed by atoms with Gasteiger partial charge in [0.2, 0.25) is 0 Å². The summed E-state index contributed by atoms with van der Waals surface area (Å²) < 4.78 is 1.24. The van der Waals surface area contributed by atoms with Gasteiger partial charge in [0.1, 0.15) is 17.0 Å². The Morgan fingerprint density at radius 1 is 1.22 bits per heavy atom. The first-order chi connectivity index (χ1) is 13.2. The predicted molar refractivity (Wildman–Crippen MR) is 121 cm³/mol. The minimum atomic E-state index is 0.481. The molecule has 1 aliphatic heterocycles. The molecule has 3 heterocycles. The van der Waals surface area contributed by atoms with E-state index in [-0.39, 0.29) is 0 Å². The van der Waals surface area contributed by atoms with E-state index in [1.165, 1.54) is 8.45 Å². The number of thiophene rings is 1. The van der Waals surface area contributed by atoms with Crippen LogP contribution >= 0.6 is 33.9 Å². The van der Waals surface area contributed by atoms with E-state index in [0.717, 1.165) is 55.2 Å². The quantitative estimate of drug-likeness (QED) is 0.414. The average molecular weight is 493 g/mol. The van der Waals surface area contributed by atoms with Crippen molar-refractivity contribution in [2.45, 2.75) is 12.5 Å². The first-order valence-electron chi connectivity index (χ1n) is 9.32. The number of nitrogens with zero attached hydrogens (tertiary/aromatic N) is 4. The van der Waals surface area contributed by atoms with Crippen LogP contribution in [-0.4, -0.2) is 59.5 Å². The van der Waals surface area contributed by atoms with Crippen LogP contribution in [0.5, 0.6) is 0 Å². The maximum absolute atomic E-state index is 4.44. The van der Waals surface area contributed by atoms with Crippen molar-refractivity contribution in [3.8, 4) is 0 Å². The van der Waals surface area contributed by atoms with Crippen LogP contribution < -0.4 is 5.32 Å². The second-order valence-electron chi connectivity index (χ2n) is 7.00. The van der Waals surface area contributed by atoms with Gasteiger partial charge in [-0.2, -0.15) is 0 Å². The number of nitrogens with one attached hydrogen (secondary N) is 1. The van der Waals surface area contributed by atoms with E-state index >= 15 is 0 Å². The zero-order valence-electron chi connectivity index (χ0n) is 15.4. The van der Waals surface area contributed by atoms with E-state index in [1.807, 2.05) is 0 Å². The van der Waals surface area contributed by atoms with Gasteiger partial charge in [-0.1, -0.05) is 30.3 Å². The maximum atomic E-state index is 4.44. The number of anilines is 1. The van der Waals surface area contributed by atoms with Gasteiger partial charge in [0, 0.05) is 38.8 Å². The van der Waals surface area contributed by atoms with Crippen LogP contribution in [0.3, 0.4) is 0 Å². The Morgan fingerprint density at radius 2 is 2.07 bits per heavy atom. The Hall–Kier alpha value is -1.29. The first kappa shape index (κ1) is 19.0. The van der Waals surface area contributed by atoms with Gasteiger partial charge >= 0.3 is 0 Å². The van der Waals surface area contributed by atoms with Crippen molar-refractivity contribution in [3.05, 3.63) is 51.2 Å². The molecule has 7 heteroatoms. The van der Waals surface area contributed by atoms with E-state index in [2.05, 4.69) is 91.1 Å². The number of piperazine rings is 1. The highest BCUT2D eigenvalue weighted by molar-refractivity contribution is 14.1. The minimum Gasteiger partial charge on any atom is -0.369 e. The van der Waals surface area contributed by atoms with Crippen LogP contribution in [-0.2, 0) is 0 Å². The number of rotatable bonds is 6. The maximum Gasteiger partial charge on any atom is 0.138 e. The second kappa shape index (κ2) is 8.81. The smallest absolute Gasteiger partial charge is 0.138 e. The zero-order chi connectivity index (χ0) is 18.6. The lowest BCUT2D eigenvalue weighted by molar-refractivity contribution is 0.0896. The molecule has 1 fully saturated rings. The Kier molecular flexibility index (Phi) is 6.21. The molecule has 27 heavy (non-hydrogen) atoms. The molecule has 0 saturated carbocycles. The summed E-state index contributed by atoms with van der Waals surface area (Å²) in [6.45, 7) is 5.37. The van der Waals surface area contributed by atoms with Crippen molar-refractivity contribution in [1.29, 1.82) is 0 Å². The lowest BCUT2D eigenvalue weighted by atomic mass is 10.0. The molecule has 142 valence electrons. The largest absolute Gasteiger partial charge is 0.369 e. The fraction of sp³-hybridized carbons (Fsp3) is 0.400. The zero-order valence-corrected chi connectivity index (χ0v) is 18.4. The summed E-state index contributed by atoms with van der Waals surface area (Å²) in [7, 11) is 2.22. The van der Waals surface area contributed by atoms with Crippen molar-refractivity contribution < 1.29 is 0 Å². The summed E-state index contributed by atoms with van der Waals surface area (Å²) in [6.07, 6.45) is 2.75. The molecular formula is C20H24IN5S. The number of aromatic nitrogens is 2. The summed E-state index contributed by atoms with van der Waals surface area (Å²) in [5.41, 5.74) is 1.42. The Bertz CT molecular complexity index is 884. The molecule has 0 amide bonds. The topological polar surface area (TPSA) is 44.3 Å². The van der Waals surface area contributed by atoms with Gasteiger partial charge in [-0.15, -0.1) is 11.3 Å². The summed E-state index contributed by atoms with van der Waals surface area (Å²) >= 11 is 4.05. The molecule has 1 aromatic carbocycles. The summed E-state index contributed by atoms with van der Waals surface area (Å²) in [5.74, 6) is 0.956. The van der Waals surface area contributed by atoms with Crippen molar-refractivity contribution in [2.75, 3.05) is 45.1 Å². The number of fused-ring (bicyclic) bond motifs is 1. The van der Waals surface area contributed by atoms with E-state index in [0.29, 0.717) is 6.04 Å². The van der Waals surface area contributed by atoms with Gasteiger partial charge in [0.25, 0.3) is 0 Å². The fourth-order valence-electron chi connectivity index (χ4n) is 3.67. The highest BCUT2D eigenvalue weighted by atomic mass is 127. The molecular weight excluding hydrogens is 469 g/mol. The van der Waals surface area contributed by atoms with Crippen molar-refractivity contribution in [1.82, 2.24) is 19.8 Å². The van der Waals surface area contributed by atoms with Crippen LogP contribution in [0, 0.1) is 2.88 Å². The number of benzene rings is 1. The van der Waals surface area contributed by atoms with Crippen LogP contribution in [0.25, 0.3) is 10.2 Å². The molecule has 0 radical (unpaired) electrons. The molecule has 1 N–H and O–H groups in total. The summed E-state index contributed by atoms with van der Waals surface area (Å²) in [4.78, 5) is 14.9. The molecule has 0 aliphatic carbocycles. The van der Waals surface area contributed by atoms with Gasteiger partial charge in [-0.25, -0.2) is 9.97 Å². The van der Waals surface area contributed by atoms with Crippen LogP contribution in [0.4, 0.5) is 5.82 Å². The molecule has 2 aromatic heterocycles. The molecule has 5 nitrogen and oxygen atoms in total. The molecule has 1 unspecified atom stereocenters. The molecule has 0 bridgehead atoms. The molecule has 1 saturated heterocycles. The molecule has 1 aliphatic rings. The summed E-state index contributed by atoms with van der Waals surface area (Å²) in [5, 5.41) is 4.65. The molecule has 1 atom stereocenters. The highest BCUT2D eigenvalue weighted by Gasteiger charge is 2.25. The number of halogens is 1. The molecule has 3 aromatic rings. The number of hydrogen-bond donors (Lipinski definition) is 1. The third kappa shape index (κ3) is 4.59. The second-order valence-corrected chi connectivity index (χ2v) is 9.92. The van der Waals surface area contributed by atoms with Crippen LogP contribution in [0.1, 0.15) is 18.0 Å². The van der Waals surface area contributed by atoms with E-state index < -0.39 is 0 Å². The first-order valence-corrected chi connectivity index (χ1v) is 11.2. The van der Waals surface area contributed by atoms with Crippen LogP contribution in [0.15, 0.2) is 42.7 Å². The van der Waals surface area contributed by atoms with Gasteiger partial charge in [-0.05, 0) is 47.7 Å². The van der Waals surface area contributed by atoms with Crippen molar-refractivity contribution in [3.63, 3.8) is 0 Å². The SMILES string of the molecule is CN1CCN(CCCNc2ncnc3sc(I)cc23)C(c2ccccc2)C1. The Balaban J connectivity index is 1.36. The molecule has 4 rings (SSSR count). The van der Waals surface area contributed by atoms with Gasteiger partial charge in [-0.3, -0.25) is 4.90 Å².